The van der Waals surface area contributed by atoms with Gasteiger partial charge in [0.25, 0.3) is 0 Å². The molecule has 0 aliphatic carbocycles. The van der Waals surface area contributed by atoms with Crippen LogP contribution in [0.1, 0.15) is 49.1 Å². The number of alkyl carbamates (subject to hydrolysis) is 1. The predicted molar refractivity (Wildman–Crippen MR) is 167 cm³/mol. The second kappa shape index (κ2) is 12.8. The van der Waals surface area contributed by atoms with Gasteiger partial charge < -0.3 is 10.1 Å². The van der Waals surface area contributed by atoms with E-state index in [-0.39, 0.29) is 23.3 Å². The minimum Gasteiger partial charge on any atom is -0.453 e. The van der Waals surface area contributed by atoms with Gasteiger partial charge in [-0.3, -0.25) is 24.6 Å². The summed E-state index contributed by atoms with van der Waals surface area (Å²) in [5, 5.41) is 10.6. The molecule has 3 saturated heterocycles. The van der Waals surface area contributed by atoms with E-state index in [0.717, 1.165) is 48.9 Å². The Bertz CT molecular complexity index is 1690. The minimum absolute atomic E-state index is 0.0930. The molecule has 2 N–H and O–H groups in total. The molecule has 13 nitrogen and oxygen atoms in total. The highest BCUT2D eigenvalue weighted by atomic mass is 32.2. The molecule has 0 spiro atoms. The molecule has 3 fully saturated rings. The first-order valence-electron chi connectivity index (χ1n) is 15.4. The van der Waals surface area contributed by atoms with Crippen LogP contribution < -0.4 is 15.5 Å². The number of nitrogens with one attached hydrogen (secondary N) is 2. The number of rotatable bonds is 7. The number of amides is 4. The number of carbonyl (C=O) groups excluding carboxylic acids is 3. The van der Waals surface area contributed by atoms with Gasteiger partial charge in [0.05, 0.1) is 17.5 Å². The lowest BCUT2D eigenvalue weighted by molar-refractivity contribution is -0.120. The number of anilines is 1. The molecule has 2 aromatic carbocycles. The van der Waals surface area contributed by atoms with Gasteiger partial charge in [-0.15, -0.1) is 0 Å². The largest absolute Gasteiger partial charge is 0.453 e. The van der Waals surface area contributed by atoms with Crippen LogP contribution in [0, 0.1) is 0 Å². The van der Waals surface area contributed by atoms with E-state index in [1.807, 2.05) is 25.2 Å². The number of imide groups is 1. The summed E-state index contributed by atoms with van der Waals surface area (Å²) in [6.45, 7) is 3.61. The van der Waals surface area contributed by atoms with Gasteiger partial charge in [0.1, 0.15) is 0 Å². The molecule has 240 valence electrons. The van der Waals surface area contributed by atoms with Crippen molar-refractivity contribution in [1.29, 1.82) is 0 Å². The number of fused-ring (bicyclic) bond motifs is 1. The van der Waals surface area contributed by atoms with E-state index in [2.05, 4.69) is 37.5 Å². The lowest BCUT2D eigenvalue weighted by atomic mass is 9.89. The fraction of sp³-hybridized carbons (Fsp3) is 0.484. The highest BCUT2D eigenvalue weighted by molar-refractivity contribution is 7.89. The third-order valence-corrected chi connectivity index (χ3v) is 11.1. The SMILES string of the molecule is COC(=O)NC1CCN(S(=O)(=O)c2ccc(CN3CCC(c4ccc5c(N6CCC(=O)NC6=O)nn(C)c5c4)CC3)cc2)CC1. The van der Waals surface area contributed by atoms with Crippen molar-refractivity contribution in [2.75, 3.05) is 44.7 Å². The van der Waals surface area contributed by atoms with Crippen LogP contribution in [0.3, 0.4) is 0 Å². The molecule has 3 aromatic rings. The quantitative estimate of drug-likeness (QED) is 0.402. The van der Waals surface area contributed by atoms with Crippen LogP contribution in [-0.4, -0.2) is 91.3 Å². The average Bonchev–Trinajstić information content (AvgIpc) is 3.37. The second-order valence-corrected chi connectivity index (χ2v) is 13.9. The number of aryl methyl sites for hydroxylation is 1. The first-order valence-corrected chi connectivity index (χ1v) is 16.8. The number of nitrogens with zero attached hydrogens (tertiary/aromatic N) is 5. The summed E-state index contributed by atoms with van der Waals surface area (Å²) in [4.78, 5) is 39.7. The molecule has 4 amide bonds. The fourth-order valence-electron chi connectivity index (χ4n) is 6.54. The molecule has 3 aliphatic rings. The van der Waals surface area contributed by atoms with Gasteiger partial charge in [0, 0.05) is 51.1 Å². The van der Waals surface area contributed by atoms with E-state index in [9.17, 15) is 22.8 Å². The predicted octanol–water partition coefficient (Wildman–Crippen LogP) is 2.91. The molecule has 14 heteroatoms. The van der Waals surface area contributed by atoms with Crippen molar-refractivity contribution in [1.82, 2.24) is 29.6 Å². The zero-order valence-electron chi connectivity index (χ0n) is 25.6. The Labute approximate surface area is 262 Å². The highest BCUT2D eigenvalue weighted by Gasteiger charge is 2.31. The number of urea groups is 1. The number of aromatic nitrogens is 2. The smallest absolute Gasteiger partial charge is 0.407 e. The zero-order valence-corrected chi connectivity index (χ0v) is 26.4. The normalized spacial score (nSPS) is 19.6. The molecule has 3 aliphatic heterocycles. The van der Waals surface area contributed by atoms with Crippen LogP contribution in [0.25, 0.3) is 10.9 Å². The van der Waals surface area contributed by atoms with Crippen LogP contribution in [-0.2, 0) is 33.1 Å². The van der Waals surface area contributed by atoms with Crippen molar-refractivity contribution >= 4 is 44.8 Å². The van der Waals surface area contributed by atoms with Crippen LogP contribution >= 0.6 is 0 Å². The van der Waals surface area contributed by atoms with Gasteiger partial charge in [0.15, 0.2) is 5.82 Å². The van der Waals surface area contributed by atoms with Crippen LogP contribution in [0.4, 0.5) is 15.4 Å². The third kappa shape index (κ3) is 6.53. The molecule has 0 unspecified atom stereocenters. The van der Waals surface area contributed by atoms with E-state index in [4.69, 9.17) is 0 Å². The number of hydrogen-bond acceptors (Lipinski definition) is 8. The number of piperidine rings is 2. The van der Waals surface area contributed by atoms with Gasteiger partial charge in [-0.25, -0.2) is 18.0 Å². The Kier molecular flexibility index (Phi) is 8.80. The molecular weight excluding hydrogens is 598 g/mol. The summed E-state index contributed by atoms with van der Waals surface area (Å²) in [7, 11) is -0.420. The summed E-state index contributed by atoms with van der Waals surface area (Å²) < 4.78 is 34.4. The summed E-state index contributed by atoms with van der Waals surface area (Å²) >= 11 is 0. The second-order valence-electron chi connectivity index (χ2n) is 12.0. The van der Waals surface area contributed by atoms with Crippen molar-refractivity contribution in [2.24, 2.45) is 7.05 Å². The van der Waals surface area contributed by atoms with Crippen molar-refractivity contribution in [2.45, 2.75) is 55.5 Å². The monoisotopic (exact) mass is 637 g/mol. The van der Waals surface area contributed by atoms with Crippen molar-refractivity contribution in [3.8, 4) is 0 Å². The maximum Gasteiger partial charge on any atom is 0.407 e. The van der Waals surface area contributed by atoms with Gasteiger partial charge >= 0.3 is 12.1 Å². The summed E-state index contributed by atoms with van der Waals surface area (Å²) in [5.74, 6) is 0.698. The maximum atomic E-state index is 13.2. The molecule has 4 heterocycles. The first-order chi connectivity index (χ1) is 21.6. The van der Waals surface area contributed by atoms with Crippen LogP contribution in [0.5, 0.6) is 0 Å². The van der Waals surface area contributed by atoms with Gasteiger partial charge in [-0.2, -0.15) is 9.40 Å². The topological polar surface area (TPSA) is 146 Å². The molecule has 6 rings (SSSR count). The molecule has 0 saturated carbocycles. The first kappa shape index (κ1) is 31.0. The summed E-state index contributed by atoms with van der Waals surface area (Å²) in [5.41, 5.74) is 3.27. The standard InChI is InChI=1S/C31H39N7O6S/c1-35-27-19-23(5-8-26(27)29(34-35)38-18-13-28(39)33-30(38)40)22-9-14-36(15-10-22)20-21-3-6-25(7-4-21)45(42,43)37-16-11-24(12-17-37)32-31(41)44-2/h3-8,19,22,24H,9-18,20H2,1-2H3,(H,32,41)(H,33,39,40). The fourth-order valence-corrected chi connectivity index (χ4v) is 8.01. The van der Waals surface area contributed by atoms with E-state index in [0.29, 0.717) is 44.2 Å². The Hall–Kier alpha value is -4.01. The van der Waals surface area contributed by atoms with E-state index in [1.165, 1.54) is 21.9 Å². The highest BCUT2D eigenvalue weighted by Crippen LogP contribution is 2.34. The van der Waals surface area contributed by atoms with Gasteiger partial charge in [-0.1, -0.05) is 18.2 Å². The van der Waals surface area contributed by atoms with Crippen molar-refractivity contribution < 1.29 is 27.5 Å². The zero-order chi connectivity index (χ0) is 31.7. The Balaban J connectivity index is 1.03. The molecule has 0 atom stereocenters. The molecule has 1 aromatic heterocycles. The molecule has 0 bridgehead atoms. The van der Waals surface area contributed by atoms with E-state index < -0.39 is 22.1 Å². The average molecular weight is 638 g/mol. The lowest BCUT2D eigenvalue weighted by Crippen LogP contribution is -2.49. The van der Waals surface area contributed by atoms with Gasteiger partial charge in [0.2, 0.25) is 15.9 Å². The number of likely N-dealkylation sites (tertiary alicyclic amines) is 1. The van der Waals surface area contributed by atoms with E-state index >= 15 is 0 Å². The van der Waals surface area contributed by atoms with Crippen LogP contribution in [0.15, 0.2) is 47.4 Å². The molecule has 45 heavy (non-hydrogen) atoms. The maximum absolute atomic E-state index is 13.2. The lowest BCUT2D eigenvalue weighted by Gasteiger charge is -2.32. The summed E-state index contributed by atoms with van der Waals surface area (Å²) in [6.07, 6.45) is 2.84. The minimum atomic E-state index is -3.60. The Morgan fingerprint density at radius 1 is 1.00 bits per heavy atom. The van der Waals surface area contributed by atoms with Crippen molar-refractivity contribution in [3.63, 3.8) is 0 Å². The Morgan fingerprint density at radius 2 is 1.71 bits per heavy atom. The Morgan fingerprint density at radius 3 is 2.38 bits per heavy atom. The van der Waals surface area contributed by atoms with Gasteiger partial charge in [-0.05, 0) is 80.1 Å². The van der Waals surface area contributed by atoms with Crippen molar-refractivity contribution in [3.05, 3.63) is 53.6 Å². The van der Waals surface area contributed by atoms with E-state index in [1.54, 1.807) is 16.8 Å². The van der Waals surface area contributed by atoms with Crippen LogP contribution in [0.2, 0.25) is 0 Å². The number of methoxy groups -OCH3 is 1. The number of sulfonamides is 1. The number of ether oxygens (including phenoxy) is 1. The number of hydrogen-bond donors (Lipinski definition) is 2. The number of benzene rings is 2. The molecule has 0 radical (unpaired) electrons. The summed E-state index contributed by atoms with van der Waals surface area (Å²) in [6, 6.07) is 13.0. The molecular formula is C31H39N7O6S. The third-order valence-electron chi connectivity index (χ3n) is 9.15. The number of carbonyl (C=O) groups is 3.